The number of nitro groups is 1. The number of carbonyl (C=O) groups is 2. The van der Waals surface area contributed by atoms with Gasteiger partial charge in [-0.15, -0.1) is 0 Å². The van der Waals surface area contributed by atoms with Crippen LogP contribution in [0.1, 0.15) is 40.3 Å². The lowest BCUT2D eigenvalue weighted by atomic mass is 10.1. The Kier molecular flexibility index (Phi) is 7.92. The maximum Gasteiger partial charge on any atom is 0.324 e. The summed E-state index contributed by atoms with van der Waals surface area (Å²) >= 11 is 7.22. The van der Waals surface area contributed by atoms with E-state index in [0.29, 0.717) is 66.4 Å². The fourth-order valence-corrected chi connectivity index (χ4v) is 4.34. The Bertz CT molecular complexity index is 1000. The van der Waals surface area contributed by atoms with Gasteiger partial charge in [-0.3, -0.25) is 19.7 Å². The van der Waals surface area contributed by atoms with Crippen molar-refractivity contribution in [1.82, 2.24) is 9.80 Å². The summed E-state index contributed by atoms with van der Waals surface area (Å²) in [5.74, 6) is 0.361. The molecular formula is C21H24ClN3O6S. The third-order valence-electron chi connectivity index (χ3n) is 4.84. The normalized spacial score (nSPS) is 13.7. The zero-order valence-corrected chi connectivity index (χ0v) is 19.4. The molecule has 0 aliphatic carbocycles. The molecule has 1 aromatic carbocycles. The summed E-state index contributed by atoms with van der Waals surface area (Å²) in [6.45, 7) is 6.05. The number of ether oxygens (including phenoxy) is 2. The van der Waals surface area contributed by atoms with Gasteiger partial charge in [0.15, 0.2) is 11.5 Å². The molecule has 1 aliphatic heterocycles. The average molecular weight is 482 g/mol. The van der Waals surface area contributed by atoms with Crippen molar-refractivity contribution in [3.8, 4) is 11.5 Å². The Labute approximate surface area is 194 Å². The molecule has 0 saturated carbocycles. The van der Waals surface area contributed by atoms with E-state index in [1.807, 2.05) is 13.8 Å². The number of piperazine rings is 1. The van der Waals surface area contributed by atoms with Crippen LogP contribution in [0.4, 0.5) is 5.00 Å². The van der Waals surface area contributed by atoms with Crippen LogP contribution in [-0.2, 0) is 0 Å². The Morgan fingerprint density at radius 3 is 2.31 bits per heavy atom. The molecule has 2 heterocycles. The van der Waals surface area contributed by atoms with Crippen LogP contribution in [0.3, 0.4) is 0 Å². The quantitative estimate of drug-likeness (QED) is 0.415. The molecule has 2 aromatic rings. The Morgan fingerprint density at radius 2 is 1.75 bits per heavy atom. The third kappa shape index (κ3) is 5.31. The SMILES string of the molecule is CCCOc1c(Cl)cc(C(=O)N2CCN(C(=O)c3ccc([N+](=O)[O-])s3)CC2)cc1OCC. The minimum atomic E-state index is -0.516. The van der Waals surface area contributed by atoms with Gasteiger partial charge in [0.1, 0.15) is 0 Å². The highest BCUT2D eigenvalue weighted by molar-refractivity contribution is 7.17. The van der Waals surface area contributed by atoms with Crippen LogP contribution >= 0.6 is 22.9 Å². The molecule has 32 heavy (non-hydrogen) atoms. The number of amides is 2. The summed E-state index contributed by atoms with van der Waals surface area (Å²) in [6, 6.07) is 5.98. The van der Waals surface area contributed by atoms with Gasteiger partial charge in [-0.05, 0) is 31.5 Å². The molecule has 0 radical (unpaired) electrons. The molecule has 0 bridgehead atoms. The van der Waals surface area contributed by atoms with Crippen molar-refractivity contribution in [3.05, 3.63) is 49.8 Å². The van der Waals surface area contributed by atoms with E-state index in [4.69, 9.17) is 21.1 Å². The number of hydrogen-bond donors (Lipinski definition) is 0. The lowest BCUT2D eigenvalue weighted by Crippen LogP contribution is -2.50. The highest BCUT2D eigenvalue weighted by atomic mass is 35.5. The largest absolute Gasteiger partial charge is 0.490 e. The van der Waals surface area contributed by atoms with Crippen LogP contribution in [0.2, 0.25) is 5.02 Å². The van der Waals surface area contributed by atoms with Crippen molar-refractivity contribution in [3.63, 3.8) is 0 Å². The number of hydrogen-bond acceptors (Lipinski definition) is 7. The van der Waals surface area contributed by atoms with Gasteiger partial charge in [-0.25, -0.2) is 0 Å². The molecule has 0 spiro atoms. The molecule has 3 rings (SSSR count). The Morgan fingerprint density at radius 1 is 1.09 bits per heavy atom. The summed E-state index contributed by atoms with van der Waals surface area (Å²) in [5.41, 5.74) is 0.385. The number of thiophene rings is 1. The summed E-state index contributed by atoms with van der Waals surface area (Å²) in [7, 11) is 0. The molecular weight excluding hydrogens is 458 g/mol. The van der Waals surface area contributed by atoms with E-state index >= 15 is 0 Å². The summed E-state index contributed by atoms with van der Waals surface area (Å²) in [6.07, 6.45) is 0.810. The fourth-order valence-electron chi connectivity index (χ4n) is 3.29. The van der Waals surface area contributed by atoms with Crippen molar-refractivity contribution in [2.45, 2.75) is 20.3 Å². The first-order chi connectivity index (χ1) is 15.3. The second-order valence-corrected chi connectivity index (χ2v) is 8.52. The number of rotatable bonds is 8. The van der Waals surface area contributed by atoms with Crippen molar-refractivity contribution >= 4 is 39.8 Å². The van der Waals surface area contributed by atoms with E-state index < -0.39 is 4.92 Å². The smallest absolute Gasteiger partial charge is 0.324 e. The van der Waals surface area contributed by atoms with E-state index in [1.165, 1.54) is 12.1 Å². The minimum absolute atomic E-state index is 0.0736. The first kappa shape index (κ1) is 23.8. The number of carbonyl (C=O) groups excluding carboxylic acids is 2. The van der Waals surface area contributed by atoms with Crippen LogP contribution in [-0.4, -0.2) is 65.9 Å². The highest BCUT2D eigenvalue weighted by Gasteiger charge is 2.28. The first-order valence-electron chi connectivity index (χ1n) is 10.3. The van der Waals surface area contributed by atoms with Gasteiger partial charge in [0.2, 0.25) is 0 Å². The van der Waals surface area contributed by atoms with Crippen LogP contribution in [0.25, 0.3) is 0 Å². The monoisotopic (exact) mass is 481 g/mol. The predicted octanol–water partition coefficient (Wildman–Crippen LogP) is 4.10. The van der Waals surface area contributed by atoms with Crippen LogP contribution in [0, 0.1) is 10.1 Å². The van der Waals surface area contributed by atoms with E-state index in [-0.39, 0.29) is 16.8 Å². The Balaban J connectivity index is 1.68. The standard InChI is InChI=1S/C21H24ClN3O6S/c1-3-11-31-19-15(22)12-14(13-16(19)30-4-2)20(26)23-7-9-24(10-8-23)21(27)17-5-6-18(32-17)25(28)29/h5-6,12-13H,3-4,7-11H2,1-2H3. The first-order valence-corrected chi connectivity index (χ1v) is 11.5. The van der Waals surface area contributed by atoms with Gasteiger partial charge in [-0.2, -0.15) is 0 Å². The van der Waals surface area contributed by atoms with Gasteiger partial charge in [0.05, 0.1) is 28.0 Å². The Hall–Kier alpha value is -2.85. The predicted molar refractivity (Wildman–Crippen MR) is 121 cm³/mol. The van der Waals surface area contributed by atoms with Gasteiger partial charge in [0.25, 0.3) is 11.8 Å². The zero-order valence-electron chi connectivity index (χ0n) is 17.8. The molecule has 0 atom stereocenters. The minimum Gasteiger partial charge on any atom is -0.490 e. The van der Waals surface area contributed by atoms with Gasteiger partial charge in [-0.1, -0.05) is 29.9 Å². The summed E-state index contributed by atoms with van der Waals surface area (Å²) in [4.78, 5) is 39.6. The van der Waals surface area contributed by atoms with Gasteiger partial charge in [0, 0.05) is 37.8 Å². The topological polar surface area (TPSA) is 102 Å². The molecule has 172 valence electrons. The second-order valence-electron chi connectivity index (χ2n) is 7.05. The summed E-state index contributed by atoms with van der Waals surface area (Å²) in [5, 5.41) is 11.1. The number of nitrogens with zero attached hydrogens (tertiary/aromatic N) is 3. The van der Waals surface area contributed by atoms with Gasteiger partial charge < -0.3 is 19.3 Å². The van der Waals surface area contributed by atoms with Crippen LogP contribution in [0.5, 0.6) is 11.5 Å². The molecule has 1 saturated heterocycles. The number of benzene rings is 1. The molecule has 1 fully saturated rings. The molecule has 9 nitrogen and oxygen atoms in total. The van der Waals surface area contributed by atoms with E-state index in [0.717, 1.165) is 17.8 Å². The van der Waals surface area contributed by atoms with Crippen LogP contribution in [0.15, 0.2) is 24.3 Å². The third-order valence-corrected chi connectivity index (χ3v) is 6.15. The van der Waals surface area contributed by atoms with Crippen molar-refractivity contribution in [2.24, 2.45) is 0 Å². The fraction of sp³-hybridized carbons (Fsp3) is 0.429. The van der Waals surface area contributed by atoms with Crippen molar-refractivity contribution < 1.29 is 24.0 Å². The lowest BCUT2D eigenvalue weighted by Gasteiger charge is -2.34. The summed E-state index contributed by atoms with van der Waals surface area (Å²) < 4.78 is 11.3. The molecule has 11 heteroatoms. The second kappa shape index (κ2) is 10.6. The van der Waals surface area contributed by atoms with Gasteiger partial charge >= 0.3 is 5.00 Å². The van der Waals surface area contributed by atoms with Crippen LogP contribution < -0.4 is 9.47 Å². The maximum absolute atomic E-state index is 13.1. The molecule has 0 unspecified atom stereocenters. The molecule has 0 N–H and O–H groups in total. The highest BCUT2D eigenvalue weighted by Crippen LogP contribution is 2.37. The van der Waals surface area contributed by atoms with E-state index in [2.05, 4.69) is 0 Å². The molecule has 1 aromatic heterocycles. The average Bonchev–Trinajstić information content (AvgIpc) is 3.28. The van der Waals surface area contributed by atoms with Crippen molar-refractivity contribution in [1.29, 1.82) is 0 Å². The lowest BCUT2D eigenvalue weighted by molar-refractivity contribution is -0.380. The van der Waals surface area contributed by atoms with E-state index in [9.17, 15) is 19.7 Å². The zero-order chi connectivity index (χ0) is 23.3. The van der Waals surface area contributed by atoms with Crippen molar-refractivity contribution in [2.75, 3.05) is 39.4 Å². The van der Waals surface area contributed by atoms with E-state index in [1.54, 1.807) is 21.9 Å². The number of halogens is 1. The molecule has 2 amide bonds. The maximum atomic E-state index is 13.1. The molecule has 1 aliphatic rings.